The van der Waals surface area contributed by atoms with Crippen LogP contribution in [0.15, 0.2) is 21.3 Å². The Labute approximate surface area is 188 Å². The topological polar surface area (TPSA) is 80.0 Å². The van der Waals surface area contributed by atoms with Crippen molar-refractivity contribution in [1.29, 1.82) is 0 Å². The zero-order chi connectivity index (χ0) is 22.5. The van der Waals surface area contributed by atoms with E-state index in [1.165, 1.54) is 0 Å². The lowest BCUT2D eigenvalue weighted by atomic mass is 9.71. The zero-order valence-electron chi connectivity index (χ0n) is 19.1. The molecule has 3 aliphatic rings. The molecule has 6 heteroatoms. The summed E-state index contributed by atoms with van der Waals surface area (Å²) in [5.41, 5.74) is 2.38. The van der Waals surface area contributed by atoms with Crippen molar-refractivity contribution < 1.29 is 19.1 Å². The largest absolute Gasteiger partial charge is 0.480 e. The maximum absolute atomic E-state index is 13.3. The standard InChI is InChI=1S/C26H33NO5/c1-16-13-21(23-19-8-3-4-9-20(19)25(29)32-22(23)14-16)31-17(2)24(28)27-12-11-26(30)10-6-5-7-18(26)15-27/h13-14,17-18,30H,3-12,15H2,1-2H3/t17-,18-,26+/m0/s1. The number of carbonyl (C=O) groups is 1. The average Bonchev–Trinajstić information content (AvgIpc) is 2.77. The first-order valence-electron chi connectivity index (χ1n) is 12.1. The molecule has 3 atom stereocenters. The molecular weight excluding hydrogens is 406 g/mol. The maximum Gasteiger partial charge on any atom is 0.339 e. The van der Waals surface area contributed by atoms with Crippen molar-refractivity contribution >= 4 is 16.9 Å². The normalized spacial score (nSPS) is 26.3. The van der Waals surface area contributed by atoms with Crippen molar-refractivity contribution in [2.75, 3.05) is 13.1 Å². The number of likely N-dealkylation sites (tertiary alicyclic amines) is 1. The van der Waals surface area contributed by atoms with Crippen LogP contribution in [0.2, 0.25) is 0 Å². The Morgan fingerprint density at radius 2 is 1.97 bits per heavy atom. The third kappa shape index (κ3) is 3.72. The van der Waals surface area contributed by atoms with E-state index in [4.69, 9.17) is 9.15 Å². The number of benzene rings is 1. The summed E-state index contributed by atoms with van der Waals surface area (Å²) in [5.74, 6) is 0.731. The Morgan fingerprint density at radius 3 is 2.78 bits per heavy atom. The first-order valence-corrected chi connectivity index (χ1v) is 12.1. The summed E-state index contributed by atoms with van der Waals surface area (Å²) in [5, 5.41) is 11.8. The highest BCUT2D eigenvalue weighted by Crippen LogP contribution is 2.40. The first-order chi connectivity index (χ1) is 15.4. The lowest BCUT2D eigenvalue weighted by Crippen LogP contribution is -2.56. The van der Waals surface area contributed by atoms with E-state index in [1.54, 1.807) is 6.92 Å². The van der Waals surface area contributed by atoms with Gasteiger partial charge in [0.15, 0.2) is 6.10 Å². The molecule has 5 rings (SSSR count). The van der Waals surface area contributed by atoms with Crippen LogP contribution in [0.3, 0.4) is 0 Å². The number of amides is 1. The van der Waals surface area contributed by atoms with Gasteiger partial charge in [0.25, 0.3) is 5.91 Å². The summed E-state index contributed by atoms with van der Waals surface area (Å²) >= 11 is 0. The second-order valence-corrected chi connectivity index (χ2v) is 10.0. The molecule has 0 spiro atoms. The van der Waals surface area contributed by atoms with Gasteiger partial charge in [-0.05, 0) is 82.1 Å². The zero-order valence-corrected chi connectivity index (χ0v) is 19.1. The molecule has 6 nitrogen and oxygen atoms in total. The fourth-order valence-corrected chi connectivity index (χ4v) is 6.03. The summed E-state index contributed by atoms with van der Waals surface area (Å²) in [6.45, 7) is 4.90. The smallest absolute Gasteiger partial charge is 0.339 e. The molecule has 172 valence electrons. The number of fused-ring (bicyclic) bond motifs is 4. The fraction of sp³-hybridized carbons (Fsp3) is 0.615. The van der Waals surface area contributed by atoms with Crippen LogP contribution in [-0.2, 0) is 17.6 Å². The van der Waals surface area contributed by atoms with E-state index in [0.717, 1.165) is 73.4 Å². The number of hydrogen-bond acceptors (Lipinski definition) is 5. The third-order valence-corrected chi connectivity index (χ3v) is 7.82. The minimum absolute atomic E-state index is 0.0430. The van der Waals surface area contributed by atoms with Crippen molar-refractivity contribution in [2.24, 2.45) is 5.92 Å². The van der Waals surface area contributed by atoms with E-state index < -0.39 is 11.7 Å². The Morgan fingerprint density at radius 1 is 1.19 bits per heavy atom. The number of ether oxygens (including phenoxy) is 1. The molecule has 0 unspecified atom stereocenters. The van der Waals surface area contributed by atoms with Crippen molar-refractivity contribution in [3.05, 3.63) is 39.2 Å². The van der Waals surface area contributed by atoms with Crippen molar-refractivity contribution in [3.8, 4) is 5.75 Å². The molecular formula is C26H33NO5. The van der Waals surface area contributed by atoms with E-state index in [9.17, 15) is 14.7 Å². The van der Waals surface area contributed by atoms with Crippen LogP contribution in [0, 0.1) is 12.8 Å². The van der Waals surface area contributed by atoms with Gasteiger partial charge in [0.2, 0.25) is 0 Å². The number of aryl methyl sites for hydroxylation is 2. The number of carbonyl (C=O) groups excluding carboxylic acids is 1. The number of hydrogen-bond donors (Lipinski definition) is 1. The fourth-order valence-electron chi connectivity index (χ4n) is 6.03. The van der Waals surface area contributed by atoms with Crippen molar-refractivity contribution in [2.45, 2.75) is 83.3 Å². The molecule has 1 aliphatic heterocycles. The molecule has 32 heavy (non-hydrogen) atoms. The highest BCUT2D eigenvalue weighted by molar-refractivity contribution is 5.89. The monoisotopic (exact) mass is 439 g/mol. The summed E-state index contributed by atoms with van der Waals surface area (Å²) in [6, 6.07) is 3.82. The van der Waals surface area contributed by atoms with Gasteiger partial charge in [-0.15, -0.1) is 0 Å². The predicted molar refractivity (Wildman–Crippen MR) is 122 cm³/mol. The van der Waals surface area contributed by atoms with Gasteiger partial charge in [0.1, 0.15) is 11.3 Å². The van der Waals surface area contributed by atoms with E-state index in [0.29, 0.717) is 30.8 Å². The van der Waals surface area contributed by atoms with Gasteiger partial charge in [-0.1, -0.05) is 12.8 Å². The number of piperidine rings is 1. The van der Waals surface area contributed by atoms with Crippen molar-refractivity contribution in [1.82, 2.24) is 4.90 Å². The molecule has 2 fully saturated rings. The molecule has 1 saturated heterocycles. The predicted octanol–water partition coefficient (Wildman–Crippen LogP) is 3.90. The Hall–Kier alpha value is -2.34. The lowest BCUT2D eigenvalue weighted by Gasteiger charge is -2.47. The summed E-state index contributed by atoms with van der Waals surface area (Å²) in [4.78, 5) is 27.6. The van der Waals surface area contributed by atoms with Crippen LogP contribution >= 0.6 is 0 Å². The maximum atomic E-state index is 13.3. The van der Waals surface area contributed by atoms with Crippen molar-refractivity contribution in [3.63, 3.8) is 0 Å². The molecule has 0 radical (unpaired) electrons. The average molecular weight is 440 g/mol. The highest BCUT2D eigenvalue weighted by atomic mass is 16.5. The van der Waals surface area contributed by atoms with E-state index in [-0.39, 0.29) is 17.5 Å². The highest BCUT2D eigenvalue weighted by Gasteiger charge is 2.44. The van der Waals surface area contributed by atoms with Gasteiger partial charge in [-0.25, -0.2) is 4.79 Å². The van der Waals surface area contributed by atoms with Gasteiger partial charge in [0.05, 0.1) is 11.0 Å². The quantitative estimate of drug-likeness (QED) is 0.734. The van der Waals surface area contributed by atoms with Gasteiger partial charge < -0.3 is 19.2 Å². The number of rotatable bonds is 3. The molecule has 0 bridgehead atoms. The Kier molecular flexibility index (Phi) is 5.52. The summed E-state index contributed by atoms with van der Waals surface area (Å²) < 4.78 is 11.9. The third-order valence-electron chi connectivity index (χ3n) is 7.82. The molecule has 1 aromatic heterocycles. The van der Waals surface area contributed by atoms with Crippen LogP contribution < -0.4 is 10.4 Å². The van der Waals surface area contributed by atoms with Crippen LogP contribution in [0.4, 0.5) is 0 Å². The van der Waals surface area contributed by atoms with Gasteiger partial charge in [0, 0.05) is 24.6 Å². The minimum Gasteiger partial charge on any atom is -0.480 e. The van der Waals surface area contributed by atoms with E-state index >= 15 is 0 Å². The molecule has 1 aromatic carbocycles. The lowest BCUT2D eigenvalue weighted by molar-refractivity contribution is -0.149. The van der Waals surface area contributed by atoms with Crippen LogP contribution in [0.25, 0.3) is 11.0 Å². The molecule has 1 saturated carbocycles. The van der Waals surface area contributed by atoms with Gasteiger partial charge >= 0.3 is 5.63 Å². The molecule has 2 aliphatic carbocycles. The van der Waals surface area contributed by atoms with Gasteiger partial charge in [-0.2, -0.15) is 0 Å². The summed E-state index contributed by atoms with van der Waals surface area (Å²) in [7, 11) is 0. The Bertz CT molecular complexity index is 1110. The van der Waals surface area contributed by atoms with Crippen LogP contribution in [0.1, 0.15) is 68.6 Å². The van der Waals surface area contributed by atoms with Gasteiger partial charge in [-0.3, -0.25) is 4.79 Å². The van der Waals surface area contributed by atoms with Crippen LogP contribution in [-0.4, -0.2) is 40.7 Å². The first kappa shape index (κ1) is 21.5. The van der Waals surface area contributed by atoms with E-state index in [1.807, 2.05) is 24.0 Å². The SMILES string of the molecule is Cc1cc(O[C@@H](C)C(=O)N2CC[C@]3(O)CCCC[C@H]3C2)c2c3c(c(=O)oc2c1)CCCC3. The minimum atomic E-state index is -0.652. The molecule has 2 aromatic rings. The number of aliphatic hydroxyl groups is 1. The van der Waals surface area contributed by atoms with Crippen LogP contribution in [0.5, 0.6) is 5.75 Å². The molecule has 2 heterocycles. The second kappa shape index (κ2) is 8.22. The second-order valence-electron chi connectivity index (χ2n) is 10.0. The molecule has 1 amide bonds. The number of nitrogens with zero attached hydrogens (tertiary/aromatic N) is 1. The summed E-state index contributed by atoms with van der Waals surface area (Å²) in [6.07, 6.45) is 7.57. The molecule has 1 N–H and O–H groups in total. The Balaban J connectivity index is 1.42. The van der Waals surface area contributed by atoms with E-state index in [2.05, 4.69) is 0 Å².